The fraction of sp³-hybridized carbons (Fsp3) is 0.846. The zero-order valence-corrected chi connectivity index (χ0v) is 11.3. The highest BCUT2D eigenvalue weighted by Gasteiger charge is 2.42. The van der Waals surface area contributed by atoms with Crippen LogP contribution in [0.3, 0.4) is 0 Å². The van der Waals surface area contributed by atoms with Gasteiger partial charge in [-0.3, -0.25) is 4.79 Å². The van der Waals surface area contributed by atoms with Gasteiger partial charge >= 0.3 is 5.97 Å². The summed E-state index contributed by atoms with van der Waals surface area (Å²) in [6.45, 7) is 4.52. The van der Waals surface area contributed by atoms with Crippen molar-refractivity contribution in [3.8, 4) is 0 Å². The van der Waals surface area contributed by atoms with E-state index in [-0.39, 0.29) is 23.8 Å². The monoisotopic (exact) mass is 254 g/mol. The van der Waals surface area contributed by atoms with Crippen LogP contribution in [0.1, 0.15) is 33.1 Å². The third-order valence-electron chi connectivity index (χ3n) is 3.66. The Morgan fingerprint density at radius 1 is 1.39 bits per heavy atom. The van der Waals surface area contributed by atoms with Crippen LogP contribution in [0.2, 0.25) is 0 Å². The number of esters is 1. The van der Waals surface area contributed by atoms with Crippen LogP contribution in [0.15, 0.2) is 0 Å². The largest absolute Gasteiger partial charge is 0.467 e. The van der Waals surface area contributed by atoms with Crippen LogP contribution in [-0.2, 0) is 14.3 Å². The first-order chi connectivity index (χ1) is 8.54. The second-order valence-electron chi connectivity index (χ2n) is 5.53. The van der Waals surface area contributed by atoms with E-state index in [1.54, 1.807) is 4.90 Å². The zero-order chi connectivity index (χ0) is 13.3. The summed E-state index contributed by atoms with van der Waals surface area (Å²) in [6.07, 6.45) is 3.11. The molecule has 2 aliphatic rings. The first kappa shape index (κ1) is 13.3. The Hall–Kier alpha value is -1.10. The van der Waals surface area contributed by atoms with Crippen molar-refractivity contribution >= 4 is 11.9 Å². The number of ether oxygens (including phenoxy) is 1. The maximum absolute atomic E-state index is 12.3. The summed E-state index contributed by atoms with van der Waals surface area (Å²) in [5, 5.41) is 3.34. The van der Waals surface area contributed by atoms with Gasteiger partial charge in [0, 0.05) is 12.6 Å². The summed E-state index contributed by atoms with van der Waals surface area (Å²) >= 11 is 0. The maximum Gasteiger partial charge on any atom is 0.328 e. The SMILES string of the molecule is COC(=O)C(C(C)C)N1CCC(NC2CC2)C1=O. The van der Waals surface area contributed by atoms with Gasteiger partial charge in [0.25, 0.3) is 0 Å². The molecule has 0 spiro atoms. The first-order valence-corrected chi connectivity index (χ1v) is 6.69. The molecule has 1 saturated carbocycles. The maximum atomic E-state index is 12.3. The summed E-state index contributed by atoms with van der Waals surface area (Å²) < 4.78 is 4.81. The van der Waals surface area contributed by atoms with Crippen molar-refractivity contribution in [1.82, 2.24) is 10.2 Å². The first-order valence-electron chi connectivity index (χ1n) is 6.69. The van der Waals surface area contributed by atoms with Gasteiger partial charge in [-0.15, -0.1) is 0 Å². The van der Waals surface area contributed by atoms with E-state index >= 15 is 0 Å². The number of carbonyl (C=O) groups excluding carboxylic acids is 2. The number of likely N-dealkylation sites (tertiary alicyclic amines) is 1. The molecule has 102 valence electrons. The Balaban J connectivity index is 2.02. The lowest BCUT2D eigenvalue weighted by Crippen LogP contribution is -2.49. The molecule has 1 amide bonds. The fourth-order valence-corrected chi connectivity index (χ4v) is 2.55. The smallest absolute Gasteiger partial charge is 0.328 e. The highest BCUT2D eigenvalue weighted by atomic mass is 16.5. The van der Waals surface area contributed by atoms with Gasteiger partial charge < -0.3 is 15.0 Å². The summed E-state index contributed by atoms with van der Waals surface area (Å²) in [5.41, 5.74) is 0. The van der Waals surface area contributed by atoms with Gasteiger partial charge in [0.05, 0.1) is 13.2 Å². The molecule has 5 heteroatoms. The van der Waals surface area contributed by atoms with Crippen molar-refractivity contribution < 1.29 is 14.3 Å². The Kier molecular flexibility index (Phi) is 3.90. The van der Waals surface area contributed by atoms with Crippen LogP contribution in [0.25, 0.3) is 0 Å². The van der Waals surface area contributed by atoms with Crippen molar-refractivity contribution in [3.63, 3.8) is 0 Å². The molecule has 1 aliphatic heterocycles. The van der Waals surface area contributed by atoms with E-state index in [4.69, 9.17) is 4.74 Å². The average Bonchev–Trinajstić information content (AvgIpc) is 3.08. The molecule has 18 heavy (non-hydrogen) atoms. The van der Waals surface area contributed by atoms with Gasteiger partial charge in [0.1, 0.15) is 6.04 Å². The molecule has 2 fully saturated rings. The standard InChI is InChI=1S/C13H22N2O3/c1-8(2)11(13(17)18-3)15-7-6-10(12(15)16)14-9-4-5-9/h8-11,14H,4-7H2,1-3H3. The van der Waals surface area contributed by atoms with Gasteiger partial charge in [-0.1, -0.05) is 13.8 Å². The van der Waals surface area contributed by atoms with Crippen molar-refractivity contribution in [2.75, 3.05) is 13.7 Å². The van der Waals surface area contributed by atoms with Crippen LogP contribution >= 0.6 is 0 Å². The van der Waals surface area contributed by atoms with Crippen LogP contribution in [0.5, 0.6) is 0 Å². The number of rotatable bonds is 5. The van der Waals surface area contributed by atoms with Crippen molar-refractivity contribution in [2.24, 2.45) is 5.92 Å². The third-order valence-corrected chi connectivity index (χ3v) is 3.66. The molecule has 5 nitrogen and oxygen atoms in total. The number of amides is 1. The molecule has 0 aromatic carbocycles. The van der Waals surface area contributed by atoms with Gasteiger partial charge in [-0.05, 0) is 25.2 Å². The predicted octanol–water partition coefficient (Wildman–Crippen LogP) is 0.537. The Morgan fingerprint density at radius 2 is 2.06 bits per heavy atom. The lowest BCUT2D eigenvalue weighted by atomic mass is 10.0. The molecule has 0 bridgehead atoms. The third kappa shape index (κ3) is 2.66. The topological polar surface area (TPSA) is 58.6 Å². The van der Waals surface area contributed by atoms with E-state index in [2.05, 4.69) is 5.32 Å². The number of nitrogens with one attached hydrogen (secondary N) is 1. The Labute approximate surface area is 108 Å². The van der Waals surface area contributed by atoms with Gasteiger partial charge in [0.15, 0.2) is 0 Å². The molecule has 1 saturated heterocycles. The van der Waals surface area contributed by atoms with Crippen LogP contribution in [-0.4, -0.2) is 48.6 Å². The molecule has 2 unspecified atom stereocenters. The average molecular weight is 254 g/mol. The second kappa shape index (κ2) is 5.26. The minimum atomic E-state index is -0.450. The lowest BCUT2D eigenvalue weighted by molar-refractivity contribution is -0.153. The van der Waals surface area contributed by atoms with Crippen LogP contribution < -0.4 is 5.32 Å². The molecule has 1 N–H and O–H groups in total. The second-order valence-corrected chi connectivity index (χ2v) is 5.53. The summed E-state index contributed by atoms with van der Waals surface area (Å²) in [4.78, 5) is 25.8. The van der Waals surface area contributed by atoms with E-state index in [0.29, 0.717) is 12.6 Å². The number of hydrogen-bond acceptors (Lipinski definition) is 4. The lowest BCUT2D eigenvalue weighted by Gasteiger charge is -2.28. The minimum Gasteiger partial charge on any atom is -0.467 e. The van der Waals surface area contributed by atoms with E-state index in [0.717, 1.165) is 19.3 Å². The van der Waals surface area contributed by atoms with Crippen molar-refractivity contribution in [2.45, 2.75) is 51.2 Å². The highest BCUT2D eigenvalue weighted by Crippen LogP contribution is 2.25. The van der Waals surface area contributed by atoms with E-state index in [1.807, 2.05) is 13.8 Å². The Morgan fingerprint density at radius 3 is 2.56 bits per heavy atom. The molecule has 0 aromatic rings. The zero-order valence-electron chi connectivity index (χ0n) is 11.3. The summed E-state index contributed by atoms with van der Waals surface area (Å²) in [5.74, 6) is -0.197. The van der Waals surface area contributed by atoms with Crippen molar-refractivity contribution in [1.29, 1.82) is 0 Å². The fourth-order valence-electron chi connectivity index (χ4n) is 2.55. The molecule has 1 aliphatic carbocycles. The molecule has 1 heterocycles. The number of methoxy groups -OCH3 is 1. The van der Waals surface area contributed by atoms with Gasteiger partial charge in [-0.25, -0.2) is 4.79 Å². The van der Waals surface area contributed by atoms with Gasteiger partial charge in [-0.2, -0.15) is 0 Å². The molecule has 0 aromatic heterocycles. The normalized spacial score (nSPS) is 25.7. The number of hydrogen-bond donors (Lipinski definition) is 1. The molecule has 2 rings (SSSR count). The highest BCUT2D eigenvalue weighted by molar-refractivity contribution is 5.89. The van der Waals surface area contributed by atoms with E-state index < -0.39 is 6.04 Å². The summed E-state index contributed by atoms with van der Waals surface area (Å²) in [6, 6.07) is -0.0496. The van der Waals surface area contributed by atoms with Crippen LogP contribution in [0, 0.1) is 5.92 Å². The molecule has 0 radical (unpaired) electrons. The predicted molar refractivity (Wildman–Crippen MR) is 66.9 cm³/mol. The quantitative estimate of drug-likeness (QED) is 0.727. The summed E-state index contributed by atoms with van der Waals surface area (Å²) in [7, 11) is 1.37. The minimum absolute atomic E-state index is 0.0472. The van der Waals surface area contributed by atoms with Gasteiger partial charge in [0.2, 0.25) is 5.91 Å². The van der Waals surface area contributed by atoms with E-state index in [9.17, 15) is 9.59 Å². The number of carbonyl (C=O) groups is 2. The Bertz CT molecular complexity index is 339. The van der Waals surface area contributed by atoms with Crippen molar-refractivity contribution in [3.05, 3.63) is 0 Å². The molecule has 2 atom stereocenters. The molecular weight excluding hydrogens is 232 g/mol. The number of nitrogens with zero attached hydrogens (tertiary/aromatic N) is 1. The van der Waals surface area contributed by atoms with E-state index in [1.165, 1.54) is 7.11 Å². The molecular formula is C13H22N2O3. The van der Waals surface area contributed by atoms with Crippen LogP contribution in [0.4, 0.5) is 0 Å².